The third-order valence-corrected chi connectivity index (χ3v) is 3.56. The van der Waals surface area contributed by atoms with Gasteiger partial charge in [0.2, 0.25) is 5.91 Å². The van der Waals surface area contributed by atoms with Crippen LogP contribution in [0.3, 0.4) is 0 Å². The molecule has 1 atom stereocenters. The third kappa shape index (κ3) is 3.71. The number of aryl methyl sites for hydroxylation is 1. The summed E-state index contributed by atoms with van der Waals surface area (Å²) < 4.78 is 0. The number of para-hydroxylation sites is 1. The molecule has 1 N–H and O–H groups in total. The number of hydrogen-bond donors (Lipinski definition) is 1. The fourth-order valence-corrected chi connectivity index (χ4v) is 2.58. The Morgan fingerprint density at radius 1 is 1.37 bits per heavy atom. The molecule has 1 amide bonds. The minimum Gasteiger partial charge on any atom is -0.319 e. The fraction of sp³-hybridized carbons (Fsp3) is 0.533. The molecule has 19 heavy (non-hydrogen) atoms. The Morgan fingerprint density at radius 3 is 2.84 bits per heavy atom. The van der Waals surface area contributed by atoms with Gasteiger partial charge in [-0.25, -0.2) is 0 Å². The summed E-state index contributed by atoms with van der Waals surface area (Å²) >= 11 is 0. The molecule has 0 saturated heterocycles. The van der Waals surface area contributed by atoms with Gasteiger partial charge in [-0.2, -0.15) is 0 Å². The first-order valence-corrected chi connectivity index (χ1v) is 6.78. The summed E-state index contributed by atoms with van der Waals surface area (Å²) in [5, 5.41) is 3.08. The van der Waals surface area contributed by atoms with Crippen molar-refractivity contribution in [3.63, 3.8) is 0 Å². The van der Waals surface area contributed by atoms with E-state index < -0.39 is 0 Å². The van der Waals surface area contributed by atoms with Gasteiger partial charge in [0, 0.05) is 24.7 Å². The van der Waals surface area contributed by atoms with Crippen molar-refractivity contribution in [3.8, 4) is 0 Å². The van der Waals surface area contributed by atoms with Crippen LogP contribution in [0.2, 0.25) is 0 Å². The quantitative estimate of drug-likeness (QED) is 0.924. The highest BCUT2D eigenvalue weighted by Crippen LogP contribution is 2.27. The Bertz CT molecular complexity index is 422. The molecule has 1 aromatic carbocycles. The molecule has 3 nitrogen and oxygen atoms in total. The minimum atomic E-state index is 0. The van der Waals surface area contributed by atoms with Crippen molar-refractivity contribution in [2.24, 2.45) is 5.92 Å². The summed E-state index contributed by atoms with van der Waals surface area (Å²) in [5.41, 5.74) is 2.42. The number of benzene rings is 1. The number of rotatable bonds is 3. The molecule has 0 fully saturated rings. The summed E-state index contributed by atoms with van der Waals surface area (Å²) in [5.74, 6) is 0.264. The summed E-state index contributed by atoms with van der Waals surface area (Å²) in [7, 11) is 1.89. The fourth-order valence-electron chi connectivity index (χ4n) is 2.58. The van der Waals surface area contributed by atoms with E-state index in [2.05, 4.69) is 23.5 Å². The molecule has 1 aromatic rings. The topological polar surface area (TPSA) is 32.3 Å². The predicted octanol–water partition coefficient (Wildman–Crippen LogP) is 2.63. The second-order valence-electron chi connectivity index (χ2n) is 5.03. The van der Waals surface area contributed by atoms with Gasteiger partial charge in [-0.3, -0.25) is 4.79 Å². The van der Waals surface area contributed by atoms with E-state index in [4.69, 9.17) is 0 Å². The van der Waals surface area contributed by atoms with E-state index in [1.165, 1.54) is 12.0 Å². The molecule has 0 radical (unpaired) electrons. The summed E-state index contributed by atoms with van der Waals surface area (Å²) in [4.78, 5) is 14.5. The maximum absolute atomic E-state index is 12.5. The van der Waals surface area contributed by atoms with Crippen molar-refractivity contribution < 1.29 is 4.79 Å². The Morgan fingerprint density at radius 2 is 2.11 bits per heavy atom. The lowest BCUT2D eigenvalue weighted by molar-refractivity contribution is -0.121. The van der Waals surface area contributed by atoms with Gasteiger partial charge in [0.1, 0.15) is 0 Å². The van der Waals surface area contributed by atoms with Gasteiger partial charge < -0.3 is 10.2 Å². The minimum absolute atomic E-state index is 0. The van der Waals surface area contributed by atoms with E-state index in [1.54, 1.807) is 0 Å². The van der Waals surface area contributed by atoms with E-state index in [1.807, 2.05) is 24.9 Å². The monoisotopic (exact) mass is 282 g/mol. The van der Waals surface area contributed by atoms with E-state index >= 15 is 0 Å². The molecular weight excluding hydrogens is 260 g/mol. The van der Waals surface area contributed by atoms with Crippen molar-refractivity contribution >= 4 is 24.0 Å². The zero-order valence-electron chi connectivity index (χ0n) is 11.7. The van der Waals surface area contributed by atoms with Gasteiger partial charge in [0.15, 0.2) is 0 Å². The average molecular weight is 283 g/mol. The molecule has 0 aliphatic carbocycles. The zero-order valence-corrected chi connectivity index (χ0v) is 12.5. The molecular formula is C15H23ClN2O. The van der Waals surface area contributed by atoms with Gasteiger partial charge in [-0.05, 0) is 37.9 Å². The van der Waals surface area contributed by atoms with Crippen LogP contribution in [0, 0.1) is 5.92 Å². The number of fused-ring (bicyclic) bond motifs is 1. The number of nitrogens with one attached hydrogen (secondary N) is 1. The SMILES string of the molecule is CNCC(C)C(=O)N1CCCCc2ccccc21.Cl. The van der Waals surface area contributed by atoms with Gasteiger partial charge in [-0.15, -0.1) is 12.4 Å². The maximum Gasteiger partial charge on any atom is 0.231 e. The maximum atomic E-state index is 12.5. The lowest BCUT2D eigenvalue weighted by atomic mass is 10.1. The van der Waals surface area contributed by atoms with E-state index in [0.29, 0.717) is 0 Å². The average Bonchev–Trinajstić information content (AvgIpc) is 2.60. The number of halogens is 1. The molecule has 2 rings (SSSR count). The Balaban J connectivity index is 0.00000180. The molecule has 0 bridgehead atoms. The molecule has 0 aromatic heterocycles. The van der Waals surface area contributed by atoms with Crippen LogP contribution in [0.1, 0.15) is 25.3 Å². The van der Waals surface area contributed by atoms with Crippen LogP contribution in [0.25, 0.3) is 0 Å². The highest BCUT2D eigenvalue weighted by atomic mass is 35.5. The van der Waals surface area contributed by atoms with Crippen LogP contribution in [0.4, 0.5) is 5.69 Å². The molecule has 1 aliphatic heterocycles. The van der Waals surface area contributed by atoms with Gasteiger partial charge in [0.05, 0.1) is 0 Å². The van der Waals surface area contributed by atoms with Crippen molar-refractivity contribution in [2.45, 2.75) is 26.2 Å². The molecule has 4 heteroatoms. The highest BCUT2D eigenvalue weighted by molar-refractivity contribution is 5.95. The number of nitrogens with zero attached hydrogens (tertiary/aromatic N) is 1. The molecule has 1 unspecified atom stereocenters. The normalized spacial score (nSPS) is 16.0. The molecule has 1 heterocycles. The largest absolute Gasteiger partial charge is 0.319 e. The van der Waals surface area contributed by atoms with Crippen LogP contribution in [0.5, 0.6) is 0 Å². The van der Waals surface area contributed by atoms with Crippen LogP contribution in [-0.2, 0) is 11.2 Å². The first-order valence-electron chi connectivity index (χ1n) is 6.78. The molecule has 106 valence electrons. The first kappa shape index (κ1) is 16.0. The van der Waals surface area contributed by atoms with Gasteiger partial charge >= 0.3 is 0 Å². The number of hydrogen-bond acceptors (Lipinski definition) is 2. The second-order valence-corrected chi connectivity index (χ2v) is 5.03. The molecule has 0 saturated carbocycles. The van der Waals surface area contributed by atoms with Crippen molar-refractivity contribution in [3.05, 3.63) is 29.8 Å². The molecule has 1 aliphatic rings. The zero-order chi connectivity index (χ0) is 13.0. The van der Waals surface area contributed by atoms with E-state index in [0.717, 1.165) is 31.6 Å². The first-order chi connectivity index (χ1) is 8.74. The number of anilines is 1. The van der Waals surface area contributed by atoms with Crippen LogP contribution in [0.15, 0.2) is 24.3 Å². The van der Waals surface area contributed by atoms with Crippen LogP contribution < -0.4 is 10.2 Å². The third-order valence-electron chi connectivity index (χ3n) is 3.56. The van der Waals surface area contributed by atoms with Crippen LogP contribution in [-0.4, -0.2) is 26.0 Å². The second kappa shape index (κ2) is 7.51. The molecule has 0 spiro atoms. The van der Waals surface area contributed by atoms with Gasteiger partial charge in [0.25, 0.3) is 0 Å². The van der Waals surface area contributed by atoms with E-state index in [-0.39, 0.29) is 24.2 Å². The van der Waals surface area contributed by atoms with Crippen molar-refractivity contribution in [1.29, 1.82) is 0 Å². The lowest BCUT2D eigenvalue weighted by Crippen LogP contribution is -2.39. The van der Waals surface area contributed by atoms with Crippen molar-refractivity contribution in [1.82, 2.24) is 5.32 Å². The Kier molecular flexibility index (Phi) is 6.32. The summed E-state index contributed by atoms with van der Waals surface area (Å²) in [6, 6.07) is 8.30. The number of carbonyl (C=O) groups excluding carboxylic acids is 1. The Hall–Kier alpha value is -1.06. The van der Waals surface area contributed by atoms with E-state index in [9.17, 15) is 4.79 Å². The number of carbonyl (C=O) groups is 1. The van der Waals surface area contributed by atoms with Gasteiger partial charge in [-0.1, -0.05) is 25.1 Å². The summed E-state index contributed by atoms with van der Waals surface area (Å²) in [6.07, 6.45) is 3.34. The lowest BCUT2D eigenvalue weighted by Gasteiger charge is -2.26. The smallest absolute Gasteiger partial charge is 0.231 e. The number of amides is 1. The standard InChI is InChI=1S/C15H22N2O.ClH/c1-12(11-16-2)15(18)17-10-6-5-8-13-7-3-4-9-14(13)17;/h3-4,7,9,12,16H,5-6,8,10-11H2,1-2H3;1H. The Labute approximate surface area is 121 Å². The van der Waals surface area contributed by atoms with Crippen LogP contribution >= 0.6 is 12.4 Å². The highest BCUT2D eigenvalue weighted by Gasteiger charge is 2.24. The van der Waals surface area contributed by atoms with Crippen molar-refractivity contribution in [2.75, 3.05) is 25.0 Å². The summed E-state index contributed by atoms with van der Waals surface area (Å²) in [6.45, 7) is 3.58. The predicted molar refractivity (Wildman–Crippen MR) is 82.1 cm³/mol.